The lowest BCUT2D eigenvalue weighted by molar-refractivity contribution is 0.0500. The summed E-state index contributed by atoms with van der Waals surface area (Å²) in [6, 6.07) is 15.1. The van der Waals surface area contributed by atoms with Crippen molar-refractivity contribution in [1.82, 2.24) is 14.5 Å². The fourth-order valence-electron chi connectivity index (χ4n) is 4.84. The number of carbonyl (C=O) groups excluding carboxylic acids is 1. The first-order chi connectivity index (χ1) is 17.6. The summed E-state index contributed by atoms with van der Waals surface area (Å²) >= 11 is 0. The third-order valence-electron chi connectivity index (χ3n) is 6.63. The van der Waals surface area contributed by atoms with Gasteiger partial charge in [0.2, 0.25) is 15.0 Å². The van der Waals surface area contributed by atoms with Crippen LogP contribution < -0.4 is 0 Å². The number of sulfone groups is 1. The second-order valence-corrected chi connectivity index (χ2v) is 12.3. The standard InChI is InChI=1S/C29H37N3O4S/c1-21(2)17-32-25(16-30-29(32)37(34,35)20-24-11-7-9-22(3)15-24)18-31(19-26-12-8-14-36-26)28(33)27-13-6-5-10-23(27)4/h5-7,9-11,13,15-16,21,26H,8,12,14,17-20H2,1-4H3/t26-/m0/s1. The van der Waals surface area contributed by atoms with Crippen LogP contribution in [0.5, 0.6) is 0 Å². The molecule has 1 aliphatic rings. The lowest BCUT2D eigenvalue weighted by Crippen LogP contribution is -2.38. The molecule has 198 valence electrons. The van der Waals surface area contributed by atoms with Gasteiger partial charge in [0.15, 0.2) is 0 Å². The summed E-state index contributed by atoms with van der Waals surface area (Å²) in [6.45, 7) is 9.86. The number of imidazole rings is 1. The van der Waals surface area contributed by atoms with Crippen molar-refractivity contribution in [1.29, 1.82) is 0 Å². The van der Waals surface area contributed by atoms with Crippen LogP contribution >= 0.6 is 0 Å². The minimum atomic E-state index is -3.70. The first kappa shape index (κ1) is 27.1. The molecule has 1 aromatic heterocycles. The van der Waals surface area contributed by atoms with Gasteiger partial charge in [-0.3, -0.25) is 4.79 Å². The number of nitrogens with zero attached hydrogens (tertiary/aromatic N) is 3. The molecule has 1 atom stereocenters. The molecule has 0 saturated carbocycles. The van der Waals surface area contributed by atoms with E-state index in [1.165, 1.54) is 0 Å². The first-order valence-corrected chi connectivity index (χ1v) is 14.6. The van der Waals surface area contributed by atoms with Gasteiger partial charge in [0.05, 0.1) is 30.3 Å². The number of benzene rings is 2. The first-order valence-electron chi connectivity index (χ1n) is 12.9. The van der Waals surface area contributed by atoms with Crippen LogP contribution in [-0.4, -0.2) is 48.0 Å². The minimum absolute atomic E-state index is 0.0287. The number of amides is 1. The molecule has 37 heavy (non-hydrogen) atoms. The van der Waals surface area contributed by atoms with E-state index >= 15 is 0 Å². The number of hydrogen-bond acceptors (Lipinski definition) is 5. The Bertz CT molecular complexity index is 1340. The molecule has 1 fully saturated rings. The zero-order valence-electron chi connectivity index (χ0n) is 22.2. The predicted octanol–water partition coefficient (Wildman–Crippen LogP) is 4.95. The maximum absolute atomic E-state index is 13.7. The molecule has 2 heterocycles. The lowest BCUT2D eigenvalue weighted by atomic mass is 10.1. The highest BCUT2D eigenvalue weighted by Gasteiger charge is 2.29. The number of carbonyl (C=O) groups is 1. The highest BCUT2D eigenvalue weighted by molar-refractivity contribution is 7.90. The van der Waals surface area contributed by atoms with Crippen LogP contribution in [-0.2, 0) is 33.4 Å². The van der Waals surface area contributed by atoms with Crippen LogP contribution in [0.1, 0.15) is 59.4 Å². The average molecular weight is 524 g/mol. The molecule has 0 N–H and O–H groups in total. The van der Waals surface area contributed by atoms with E-state index in [2.05, 4.69) is 4.98 Å². The van der Waals surface area contributed by atoms with Gasteiger partial charge in [-0.25, -0.2) is 13.4 Å². The summed E-state index contributed by atoms with van der Waals surface area (Å²) in [4.78, 5) is 19.9. The number of hydrogen-bond donors (Lipinski definition) is 0. The van der Waals surface area contributed by atoms with Crippen LogP contribution in [0, 0.1) is 19.8 Å². The molecule has 0 bridgehead atoms. The topological polar surface area (TPSA) is 81.5 Å². The van der Waals surface area contributed by atoms with Gasteiger partial charge in [0, 0.05) is 25.3 Å². The molecule has 1 amide bonds. The van der Waals surface area contributed by atoms with Gasteiger partial charge in [-0.2, -0.15) is 0 Å². The van der Waals surface area contributed by atoms with Crippen LogP contribution in [0.3, 0.4) is 0 Å². The Kier molecular flexibility index (Phi) is 8.49. The Morgan fingerprint density at radius 3 is 2.62 bits per heavy atom. The summed E-state index contributed by atoms with van der Waals surface area (Å²) < 4.78 is 34.7. The summed E-state index contributed by atoms with van der Waals surface area (Å²) in [7, 11) is -3.70. The highest BCUT2D eigenvalue weighted by Crippen LogP contribution is 2.23. The van der Waals surface area contributed by atoms with Crippen LogP contribution in [0.15, 0.2) is 59.9 Å². The Labute approximate surface area is 220 Å². The normalized spacial score (nSPS) is 15.9. The van der Waals surface area contributed by atoms with Gasteiger partial charge in [0.1, 0.15) is 0 Å². The molecule has 7 nitrogen and oxygen atoms in total. The Morgan fingerprint density at radius 2 is 1.95 bits per heavy atom. The number of aromatic nitrogens is 2. The monoisotopic (exact) mass is 523 g/mol. The molecule has 4 rings (SSSR count). The lowest BCUT2D eigenvalue weighted by Gasteiger charge is -2.27. The predicted molar refractivity (Wildman–Crippen MR) is 144 cm³/mol. The molecular formula is C29H37N3O4S. The molecule has 8 heteroatoms. The Balaban J connectivity index is 1.68. The molecule has 0 aliphatic carbocycles. The maximum Gasteiger partial charge on any atom is 0.254 e. The molecule has 0 radical (unpaired) electrons. The molecular weight excluding hydrogens is 486 g/mol. The van der Waals surface area contributed by atoms with Crippen molar-refractivity contribution < 1.29 is 17.9 Å². The quantitative estimate of drug-likeness (QED) is 0.376. The highest BCUT2D eigenvalue weighted by atomic mass is 32.2. The van der Waals surface area contributed by atoms with Crippen molar-refractivity contribution in [2.45, 2.75) is 70.6 Å². The van der Waals surface area contributed by atoms with Gasteiger partial charge in [0.25, 0.3) is 5.91 Å². The van der Waals surface area contributed by atoms with E-state index in [0.29, 0.717) is 31.0 Å². The second kappa shape index (κ2) is 11.6. The zero-order chi connectivity index (χ0) is 26.6. The third kappa shape index (κ3) is 6.67. The smallest absolute Gasteiger partial charge is 0.254 e. The van der Waals surface area contributed by atoms with E-state index in [1.807, 2.05) is 76.2 Å². The Hall–Kier alpha value is -2.97. The number of aryl methyl sites for hydroxylation is 2. The molecule has 3 aromatic rings. The summed E-state index contributed by atoms with van der Waals surface area (Å²) in [5.41, 5.74) is 4.00. The number of rotatable bonds is 10. The van der Waals surface area contributed by atoms with E-state index < -0.39 is 9.84 Å². The largest absolute Gasteiger partial charge is 0.376 e. The van der Waals surface area contributed by atoms with Gasteiger partial charge in [-0.1, -0.05) is 61.9 Å². The molecule has 1 saturated heterocycles. The van der Waals surface area contributed by atoms with E-state index in [1.54, 1.807) is 15.7 Å². The fraction of sp³-hybridized carbons (Fsp3) is 0.448. The van der Waals surface area contributed by atoms with Crippen LogP contribution in [0.2, 0.25) is 0 Å². The van der Waals surface area contributed by atoms with Crippen LogP contribution in [0.4, 0.5) is 0 Å². The average Bonchev–Trinajstić information content (AvgIpc) is 3.48. The van der Waals surface area contributed by atoms with Crippen molar-refractivity contribution >= 4 is 15.7 Å². The summed E-state index contributed by atoms with van der Waals surface area (Å²) in [5.74, 6) is -0.0139. The Morgan fingerprint density at radius 1 is 1.16 bits per heavy atom. The van der Waals surface area contributed by atoms with Gasteiger partial charge in [-0.05, 0) is 49.8 Å². The fourth-order valence-corrected chi connectivity index (χ4v) is 6.33. The van der Waals surface area contributed by atoms with E-state index in [4.69, 9.17) is 4.74 Å². The van der Waals surface area contributed by atoms with Crippen molar-refractivity contribution in [3.8, 4) is 0 Å². The second-order valence-electron chi connectivity index (χ2n) is 10.4. The summed E-state index contributed by atoms with van der Waals surface area (Å²) in [5, 5.41) is 0.0538. The SMILES string of the molecule is Cc1cccc(CS(=O)(=O)c2ncc(CN(C[C@@H]3CCCO3)C(=O)c3ccccc3C)n2CC(C)C)c1. The van der Waals surface area contributed by atoms with Crippen molar-refractivity contribution in [3.05, 3.63) is 82.7 Å². The van der Waals surface area contributed by atoms with Gasteiger partial charge < -0.3 is 14.2 Å². The van der Waals surface area contributed by atoms with Gasteiger partial charge in [-0.15, -0.1) is 0 Å². The van der Waals surface area contributed by atoms with E-state index in [0.717, 1.165) is 29.5 Å². The number of ether oxygens (including phenoxy) is 1. The van der Waals surface area contributed by atoms with Crippen molar-refractivity contribution in [2.75, 3.05) is 13.2 Å². The molecule has 2 aromatic carbocycles. The van der Waals surface area contributed by atoms with E-state index in [-0.39, 0.29) is 35.4 Å². The minimum Gasteiger partial charge on any atom is -0.376 e. The molecule has 0 unspecified atom stereocenters. The molecule has 0 spiro atoms. The summed E-state index contributed by atoms with van der Waals surface area (Å²) in [6.07, 6.45) is 3.46. The van der Waals surface area contributed by atoms with Crippen molar-refractivity contribution in [2.24, 2.45) is 5.92 Å². The van der Waals surface area contributed by atoms with Gasteiger partial charge >= 0.3 is 0 Å². The maximum atomic E-state index is 13.7. The van der Waals surface area contributed by atoms with E-state index in [9.17, 15) is 13.2 Å². The van der Waals surface area contributed by atoms with Crippen LogP contribution in [0.25, 0.3) is 0 Å². The molecule has 1 aliphatic heterocycles. The van der Waals surface area contributed by atoms with Crippen molar-refractivity contribution in [3.63, 3.8) is 0 Å². The zero-order valence-corrected chi connectivity index (χ0v) is 23.0. The third-order valence-corrected chi connectivity index (χ3v) is 8.23.